The number of hydrogen-bond donors (Lipinski definition) is 0. The Morgan fingerprint density at radius 1 is 1.13 bits per heavy atom. The van der Waals surface area contributed by atoms with Crippen LogP contribution in [0.15, 0.2) is 42.5 Å². The standard InChI is InChI=1S/C20H22ClNO/c1-22(2)12-13-23-20-11-10-14(15-6-3-4-8-17(15)20)16-7-5-9-18(21)19(16)20/h3-9,14H,10-13H2,1-2H3. The predicted molar refractivity (Wildman–Crippen MR) is 94.3 cm³/mol. The van der Waals surface area contributed by atoms with E-state index in [4.69, 9.17) is 16.3 Å². The molecule has 2 unspecified atom stereocenters. The molecule has 120 valence electrons. The van der Waals surface area contributed by atoms with Crippen LogP contribution in [0.5, 0.6) is 0 Å². The second-order valence-corrected chi connectivity index (χ2v) is 7.27. The molecule has 0 fully saturated rings. The zero-order chi connectivity index (χ0) is 16.0. The summed E-state index contributed by atoms with van der Waals surface area (Å²) in [5.74, 6) is 0.458. The van der Waals surface area contributed by atoms with Crippen LogP contribution in [-0.4, -0.2) is 32.1 Å². The molecule has 0 N–H and O–H groups in total. The van der Waals surface area contributed by atoms with Crippen molar-refractivity contribution in [2.24, 2.45) is 0 Å². The summed E-state index contributed by atoms with van der Waals surface area (Å²) in [6.45, 7) is 1.61. The number of likely N-dealkylation sites (N-methyl/N-ethyl adjacent to an activating group) is 1. The van der Waals surface area contributed by atoms with Crippen LogP contribution in [0.2, 0.25) is 5.02 Å². The minimum Gasteiger partial charge on any atom is -0.364 e. The lowest BCUT2D eigenvalue weighted by molar-refractivity contribution is -0.0435. The van der Waals surface area contributed by atoms with Gasteiger partial charge < -0.3 is 9.64 Å². The molecule has 5 rings (SSSR count). The lowest BCUT2D eigenvalue weighted by atomic mass is 9.61. The van der Waals surface area contributed by atoms with Crippen LogP contribution in [0, 0.1) is 0 Å². The summed E-state index contributed by atoms with van der Waals surface area (Å²) in [4.78, 5) is 2.16. The third-order valence-corrected chi connectivity index (χ3v) is 5.58. The number of nitrogens with zero attached hydrogens (tertiary/aromatic N) is 1. The van der Waals surface area contributed by atoms with Crippen molar-refractivity contribution in [3.05, 3.63) is 69.7 Å². The molecule has 0 radical (unpaired) electrons. The minimum absolute atomic E-state index is 0.380. The van der Waals surface area contributed by atoms with Crippen LogP contribution in [0.3, 0.4) is 0 Å². The molecule has 2 atom stereocenters. The topological polar surface area (TPSA) is 12.5 Å². The van der Waals surface area contributed by atoms with Gasteiger partial charge in [-0.25, -0.2) is 0 Å². The first kappa shape index (κ1) is 15.2. The average molecular weight is 328 g/mol. The van der Waals surface area contributed by atoms with Gasteiger partial charge in [0.05, 0.1) is 6.61 Å². The Hall–Kier alpha value is -1.35. The Morgan fingerprint density at radius 3 is 2.74 bits per heavy atom. The van der Waals surface area contributed by atoms with Crippen molar-refractivity contribution in [1.82, 2.24) is 4.90 Å². The summed E-state index contributed by atoms with van der Waals surface area (Å²) < 4.78 is 6.58. The summed E-state index contributed by atoms with van der Waals surface area (Å²) in [6, 6.07) is 15.0. The monoisotopic (exact) mass is 327 g/mol. The second-order valence-electron chi connectivity index (χ2n) is 6.86. The van der Waals surface area contributed by atoms with Crippen LogP contribution in [0.4, 0.5) is 0 Å². The number of fused-ring (bicyclic) bond motifs is 1. The summed E-state index contributed by atoms with van der Waals surface area (Å²) in [5.41, 5.74) is 4.91. The fourth-order valence-corrected chi connectivity index (χ4v) is 4.61. The molecule has 23 heavy (non-hydrogen) atoms. The van der Waals surface area contributed by atoms with Crippen molar-refractivity contribution < 1.29 is 4.74 Å². The van der Waals surface area contributed by atoms with E-state index in [0.717, 1.165) is 24.4 Å². The quantitative estimate of drug-likeness (QED) is 0.825. The summed E-state index contributed by atoms with van der Waals surface area (Å²) in [6.07, 6.45) is 2.14. The van der Waals surface area contributed by atoms with Gasteiger partial charge in [0.2, 0.25) is 0 Å². The van der Waals surface area contributed by atoms with Crippen LogP contribution in [0.25, 0.3) is 0 Å². The molecule has 2 nitrogen and oxygen atoms in total. The molecule has 0 aliphatic heterocycles. The SMILES string of the molecule is CN(C)CCOC12CCC(c3ccccc31)c1cccc(Cl)c12. The van der Waals surface area contributed by atoms with Crippen molar-refractivity contribution in [2.45, 2.75) is 24.4 Å². The van der Waals surface area contributed by atoms with E-state index in [9.17, 15) is 0 Å². The number of halogens is 1. The number of benzene rings is 2. The average Bonchev–Trinajstić information content (AvgIpc) is 2.55. The van der Waals surface area contributed by atoms with Crippen LogP contribution < -0.4 is 0 Å². The van der Waals surface area contributed by atoms with E-state index >= 15 is 0 Å². The highest BCUT2D eigenvalue weighted by Crippen LogP contribution is 2.58. The molecule has 2 aromatic rings. The normalized spacial score (nSPS) is 24.6. The van der Waals surface area contributed by atoms with Gasteiger partial charge in [-0.15, -0.1) is 0 Å². The van der Waals surface area contributed by atoms with Crippen LogP contribution in [-0.2, 0) is 10.3 Å². The lowest BCUT2D eigenvalue weighted by Gasteiger charge is -2.49. The fourth-order valence-electron chi connectivity index (χ4n) is 4.27. The molecule has 0 saturated heterocycles. The van der Waals surface area contributed by atoms with E-state index < -0.39 is 0 Å². The first-order valence-electron chi connectivity index (χ1n) is 8.30. The van der Waals surface area contributed by atoms with Gasteiger partial charge in [0.25, 0.3) is 0 Å². The molecule has 0 aromatic heterocycles. The Balaban J connectivity index is 1.87. The van der Waals surface area contributed by atoms with Gasteiger partial charge >= 0.3 is 0 Å². The highest BCUT2D eigenvalue weighted by atomic mass is 35.5. The number of rotatable bonds is 4. The third-order valence-electron chi connectivity index (χ3n) is 5.27. The van der Waals surface area contributed by atoms with Crippen molar-refractivity contribution >= 4 is 11.6 Å². The highest BCUT2D eigenvalue weighted by molar-refractivity contribution is 6.31. The second kappa shape index (κ2) is 5.62. The number of hydrogen-bond acceptors (Lipinski definition) is 2. The van der Waals surface area contributed by atoms with Gasteiger partial charge in [0, 0.05) is 23.0 Å². The molecular weight excluding hydrogens is 306 g/mol. The Morgan fingerprint density at radius 2 is 1.91 bits per heavy atom. The van der Waals surface area contributed by atoms with E-state index in [2.05, 4.69) is 55.4 Å². The highest BCUT2D eigenvalue weighted by Gasteiger charge is 2.50. The van der Waals surface area contributed by atoms with E-state index in [1.54, 1.807) is 0 Å². The van der Waals surface area contributed by atoms with Crippen molar-refractivity contribution in [2.75, 3.05) is 27.2 Å². The summed E-state index contributed by atoms with van der Waals surface area (Å²) >= 11 is 6.64. The summed E-state index contributed by atoms with van der Waals surface area (Å²) in [7, 11) is 4.15. The van der Waals surface area contributed by atoms with Crippen LogP contribution in [0.1, 0.15) is 41.0 Å². The fraction of sp³-hybridized carbons (Fsp3) is 0.400. The van der Waals surface area contributed by atoms with Crippen molar-refractivity contribution in [3.8, 4) is 0 Å². The first-order chi connectivity index (χ1) is 11.1. The first-order valence-corrected chi connectivity index (χ1v) is 8.68. The Labute approximate surface area is 143 Å². The smallest absolute Gasteiger partial charge is 0.120 e. The van der Waals surface area contributed by atoms with Gasteiger partial charge in [-0.3, -0.25) is 0 Å². The van der Waals surface area contributed by atoms with Gasteiger partial charge in [-0.2, -0.15) is 0 Å². The predicted octanol–water partition coefficient (Wildman–Crippen LogP) is 4.40. The lowest BCUT2D eigenvalue weighted by Crippen LogP contribution is -2.43. The zero-order valence-electron chi connectivity index (χ0n) is 13.7. The summed E-state index contributed by atoms with van der Waals surface area (Å²) in [5, 5.41) is 0.839. The van der Waals surface area contributed by atoms with Gasteiger partial charge in [0.1, 0.15) is 5.60 Å². The van der Waals surface area contributed by atoms with Gasteiger partial charge in [-0.05, 0) is 49.7 Å². The van der Waals surface area contributed by atoms with E-state index in [-0.39, 0.29) is 5.60 Å². The van der Waals surface area contributed by atoms with E-state index in [1.165, 1.54) is 22.3 Å². The zero-order valence-corrected chi connectivity index (χ0v) is 14.4. The third kappa shape index (κ3) is 2.24. The molecule has 2 bridgehead atoms. The molecule has 0 amide bonds. The Bertz CT molecular complexity index is 742. The van der Waals surface area contributed by atoms with Crippen molar-refractivity contribution in [3.63, 3.8) is 0 Å². The maximum atomic E-state index is 6.64. The van der Waals surface area contributed by atoms with Crippen LogP contribution >= 0.6 is 11.6 Å². The Kier molecular flexibility index (Phi) is 3.72. The van der Waals surface area contributed by atoms with Crippen molar-refractivity contribution in [1.29, 1.82) is 0 Å². The molecule has 0 heterocycles. The van der Waals surface area contributed by atoms with E-state index in [0.29, 0.717) is 12.5 Å². The number of ether oxygens (including phenoxy) is 1. The molecule has 0 spiro atoms. The molecule has 2 aromatic carbocycles. The molecule has 0 saturated carbocycles. The largest absolute Gasteiger partial charge is 0.364 e. The van der Waals surface area contributed by atoms with Gasteiger partial charge in [-0.1, -0.05) is 48.0 Å². The minimum atomic E-state index is -0.380. The molecule has 3 heteroatoms. The molecular formula is C20H22ClNO. The molecule has 3 aliphatic carbocycles. The van der Waals surface area contributed by atoms with E-state index in [1.807, 2.05) is 6.07 Å². The maximum Gasteiger partial charge on any atom is 0.120 e. The maximum absolute atomic E-state index is 6.64. The van der Waals surface area contributed by atoms with Gasteiger partial charge in [0.15, 0.2) is 0 Å². The molecule has 3 aliphatic rings.